The molecule has 0 radical (unpaired) electrons. The maximum atomic E-state index is 12.7. The first-order chi connectivity index (χ1) is 29.0. The van der Waals surface area contributed by atoms with Crippen LogP contribution in [0.3, 0.4) is 0 Å². The molecule has 336 valence electrons. The van der Waals surface area contributed by atoms with E-state index in [4.69, 9.17) is 14.2 Å². The maximum Gasteiger partial charge on any atom is 0.306 e. The number of ether oxygens (including phenoxy) is 3. The van der Waals surface area contributed by atoms with Crippen molar-refractivity contribution in [2.24, 2.45) is 0 Å². The van der Waals surface area contributed by atoms with Gasteiger partial charge in [-0.2, -0.15) is 0 Å². The van der Waals surface area contributed by atoms with Gasteiger partial charge in [-0.05, 0) is 96.3 Å². The molecule has 0 aromatic heterocycles. The lowest BCUT2D eigenvalue weighted by molar-refractivity contribution is -0.167. The number of allylic oxidation sites excluding steroid dienone is 14. The predicted molar refractivity (Wildman–Crippen MR) is 251 cm³/mol. The number of rotatable bonds is 42. The Labute approximate surface area is 363 Å². The first-order valence-corrected chi connectivity index (χ1v) is 24.1. The van der Waals surface area contributed by atoms with Crippen molar-refractivity contribution in [3.63, 3.8) is 0 Å². The van der Waals surface area contributed by atoms with E-state index in [0.29, 0.717) is 19.3 Å². The van der Waals surface area contributed by atoms with Gasteiger partial charge in [-0.1, -0.05) is 183 Å². The zero-order valence-corrected chi connectivity index (χ0v) is 38.2. The van der Waals surface area contributed by atoms with E-state index < -0.39 is 6.10 Å². The topological polar surface area (TPSA) is 78.9 Å². The van der Waals surface area contributed by atoms with Crippen molar-refractivity contribution < 1.29 is 28.6 Å². The van der Waals surface area contributed by atoms with Crippen LogP contribution in [-0.2, 0) is 28.6 Å². The van der Waals surface area contributed by atoms with Gasteiger partial charge in [0.2, 0.25) is 0 Å². The fourth-order valence-electron chi connectivity index (χ4n) is 6.33. The molecule has 0 aliphatic rings. The Bertz CT molecular complexity index is 1170. The summed E-state index contributed by atoms with van der Waals surface area (Å²) in [7, 11) is 0. The van der Waals surface area contributed by atoms with E-state index >= 15 is 0 Å². The normalized spacial score (nSPS) is 12.8. The zero-order chi connectivity index (χ0) is 43.0. The summed E-state index contributed by atoms with van der Waals surface area (Å²) in [5.41, 5.74) is 0. The van der Waals surface area contributed by atoms with Crippen molar-refractivity contribution >= 4 is 17.9 Å². The summed E-state index contributed by atoms with van der Waals surface area (Å²) in [5, 5.41) is 0. The Morgan fingerprint density at radius 3 is 1.24 bits per heavy atom. The Morgan fingerprint density at radius 2 is 0.746 bits per heavy atom. The third-order valence-corrected chi connectivity index (χ3v) is 9.93. The van der Waals surface area contributed by atoms with Crippen LogP contribution in [0, 0.1) is 0 Å². The number of hydrogen-bond donors (Lipinski definition) is 0. The van der Waals surface area contributed by atoms with Crippen LogP contribution in [0.25, 0.3) is 0 Å². The molecule has 0 rings (SSSR count). The van der Waals surface area contributed by atoms with Crippen molar-refractivity contribution in [2.45, 2.75) is 219 Å². The van der Waals surface area contributed by atoms with Gasteiger partial charge < -0.3 is 14.2 Å². The molecule has 0 spiro atoms. The van der Waals surface area contributed by atoms with Crippen molar-refractivity contribution in [1.29, 1.82) is 0 Å². The van der Waals surface area contributed by atoms with Gasteiger partial charge in [-0.25, -0.2) is 0 Å². The van der Waals surface area contributed by atoms with Crippen LogP contribution < -0.4 is 0 Å². The van der Waals surface area contributed by atoms with Crippen molar-refractivity contribution in [3.05, 3.63) is 85.1 Å². The van der Waals surface area contributed by atoms with Crippen LogP contribution in [0.4, 0.5) is 0 Å². The summed E-state index contributed by atoms with van der Waals surface area (Å²) in [6.45, 7) is 6.30. The molecular weight excluding hydrogens is 733 g/mol. The van der Waals surface area contributed by atoms with Crippen molar-refractivity contribution in [1.82, 2.24) is 0 Å². The first kappa shape index (κ1) is 55.6. The lowest BCUT2D eigenvalue weighted by Crippen LogP contribution is -2.30. The third-order valence-electron chi connectivity index (χ3n) is 9.93. The van der Waals surface area contributed by atoms with E-state index in [9.17, 15) is 14.4 Å². The molecule has 0 aliphatic heterocycles. The molecule has 0 saturated carbocycles. The molecule has 0 saturated heterocycles. The van der Waals surface area contributed by atoms with Gasteiger partial charge in [-0.3, -0.25) is 14.4 Å². The van der Waals surface area contributed by atoms with E-state index in [1.165, 1.54) is 70.6 Å². The summed E-state index contributed by atoms with van der Waals surface area (Å²) in [6.07, 6.45) is 60.0. The van der Waals surface area contributed by atoms with Crippen LogP contribution >= 0.6 is 0 Å². The second-order valence-corrected chi connectivity index (χ2v) is 15.7. The minimum absolute atomic E-state index is 0.0970. The molecule has 0 N–H and O–H groups in total. The SMILES string of the molecule is CC\C=C/C=C\C=C/CCCCCCCCCC(=O)OC(COC(=O)CCCC/C=C\C/C=C\CC)COC(=O)CCCCCCCCC/C=C\C/C=C\CCCCC. The van der Waals surface area contributed by atoms with E-state index in [-0.39, 0.29) is 31.1 Å². The highest BCUT2D eigenvalue weighted by atomic mass is 16.6. The molecule has 0 aromatic rings. The van der Waals surface area contributed by atoms with Crippen LogP contribution in [0.15, 0.2) is 85.1 Å². The molecule has 0 aliphatic carbocycles. The van der Waals surface area contributed by atoms with Gasteiger partial charge in [0.25, 0.3) is 0 Å². The lowest BCUT2D eigenvalue weighted by Gasteiger charge is -2.18. The Kier molecular flexibility index (Phi) is 44.5. The fourth-order valence-corrected chi connectivity index (χ4v) is 6.33. The molecule has 0 aromatic carbocycles. The second-order valence-electron chi connectivity index (χ2n) is 15.7. The highest BCUT2D eigenvalue weighted by molar-refractivity contribution is 5.71. The van der Waals surface area contributed by atoms with E-state index in [0.717, 1.165) is 103 Å². The largest absolute Gasteiger partial charge is 0.462 e. The number of carbonyl (C=O) groups is 3. The van der Waals surface area contributed by atoms with Gasteiger partial charge in [0.15, 0.2) is 6.10 Å². The molecule has 59 heavy (non-hydrogen) atoms. The standard InChI is InChI=1S/C53H88O6/c1-4-7-10-13-16-19-21-23-25-26-28-29-31-34-37-40-43-46-52(55)58-49-50(48-57-51(54)45-42-39-36-33-18-15-12-9-6-3)59-53(56)47-44-41-38-35-32-30-27-24-22-20-17-14-11-8-5-2/h8-9,11-12,14,16-20,22-23,25,33,50H,4-7,10,13,15,21,24,26-32,34-49H2,1-3H3/b11-8-,12-9-,17-14-,19-16-,22-20-,25-23-,33-18-. The summed E-state index contributed by atoms with van der Waals surface area (Å²) < 4.78 is 16.7. The summed E-state index contributed by atoms with van der Waals surface area (Å²) in [6, 6.07) is 0. The van der Waals surface area contributed by atoms with Crippen LogP contribution in [0.1, 0.15) is 213 Å². The molecule has 6 nitrogen and oxygen atoms in total. The number of hydrogen-bond acceptors (Lipinski definition) is 6. The van der Waals surface area contributed by atoms with Gasteiger partial charge in [-0.15, -0.1) is 0 Å². The molecule has 0 amide bonds. The van der Waals surface area contributed by atoms with Gasteiger partial charge >= 0.3 is 17.9 Å². The van der Waals surface area contributed by atoms with Crippen LogP contribution in [0.5, 0.6) is 0 Å². The third kappa shape index (κ3) is 45.5. The van der Waals surface area contributed by atoms with E-state index in [1.54, 1.807) is 0 Å². The lowest BCUT2D eigenvalue weighted by atomic mass is 10.1. The maximum absolute atomic E-state index is 12.7. The molecule has 1 unspecified atom stereocenters. The monoisotopic (exact) mass is 821 g/mol. The highest BCUT2D eigenvalue weighted by Crippen LogP contribution is 2.13. The Hall–Kier alpha value is -3.41. The molecule has 0 bridgehead atoms. The summed E-state index contributed by atoms with van der Waals surface area (Å²) in [5.74, 6) is -0.960. The van der Waals surface area contributed by atoms with Crippen LogP contribution in [-0.4, -0.2) is 37.2 Å². The molecular formula is C53H88O6. The fraction of sp³-hybridized carbons (Fsp3) is 0.679. The number of carbonyl (C=O) groups excluding carboxylic acids is 3. The minimum atomic E-state index is -0.797. The highest BCUT2D eigenvalue weighted by Gasteiger charge is 2.19. The van der Waals surface area contributed by atoms with Crippen molar-refractivity contribution in [3.8, 4) is 0 Å². The Morgan fingerprint density at radius 1 is 0.373 bits per heavy atom. The van der Waals surface area contributed by atoms with Crippen LogP contribution in [0.2, 0.25) is 0 Å². The predicted octanol–water partition coefficient (Wildman–Crippen LogP) is 15.6. The van der Waals surface area contributed by atoms with Gasteiger partial charge in [0.05, 0.1) is 0 Å². The van der Waals surface area contributed by atoms with E-state index in [1.807, 2.05) is 0 Å². The Balaban J connectivity index is 4.39. The summed E-state index contributed by atoms with van der Waals surface area (Å²) in [4.78, 5) is 37.8. The number of unbranched alkanes of at least 4 members (excludes halogenated alkanes) is 19. The minimum Gasteiger partial charge on any atom is -0.462 e. The second kappa shape index (κ2) is 47.3. The summed E-state index contributed by atoms with van der Waals surface area (Å²) >= 11 is 0. The quantitative estimate of drug-likeness (QED) is 0.0201. The van der Waals surface area contributed by atoms with Gasteiger partial charge in [0, 0.05) is 19.3 Å². The molecule has 0 heterocycles. The average molecular weight is 821 g/mol. The zero-order valence-electron chi connectivity index (χ0n) is 38.2. The van der Waals surface area contributed by atoms with Crippen molar-refractivity contribution in [2.75, 3.05) is 13.2 Å². The molecule has 0 fully saturated rings. The molecule has 1 atom stereocenters. The smallest absolute Gasteiger partial charge is 0.306 e. The molecule has 6 heteroatoms. The van der Waals surface area contributed by atoms with E-state index in [2.05, 4.69) is 106 Å². The van der Waals surface area contributed by atoms with Gasteiger partial charge in [0.1, 0.15) is 13.2 Å². The number of esters is 3. The first-order valence-electron chi connectivity index (χ1n) is 24.1. The average Bonchev–Trinajstić information content (AvgIpc) is 3.23.